The minimum absolute atomic E-state index is 0.512. The molecule has 1 saturated carbocycles. The molecule has 0 bridgehead atoms. The van der Waals surface area contributed by atoms with Crippen LogP contribution in [-0.2, 0) is 0 Å². The number of rotatable bonds is 3. The van der Waals surface area contributed by atoms with E-state index in [0.717, 1.165) is 25.7 Å². The van der Waals surface area contributed by atoms with Crippen LogP contribution >= 0.6 is 0 Å². The first-order valence-corrected chi connectivity index (χ1v) is 5.81. The molecule has 0 radical (unpaired) electrons. The van der Waals surface area contributed by atoms with Crippen molar-refractivity contribution in [1.29, 1.82) is 5.26 Å². The van der Waals surface area contributed by atoms with E-state index in [0.29, 0.717) is 11.4 Å². The molecule has 0 saturated heterocycles. The van der Waals surface area contributed by atoms with Crippen molar-refractivity contribution in [3.63, 3.8) is 0 Å². The van der Waals surface area contributed by atoms with Gasteiger partial charge in [-0.05, 0) is 18.9 Å². The van der Waals surface area contributed by atoms with Gasteiger partial charge in [0.15, 0.2) is 0 Å². The third-order valence-electron chi connectivity index (χ3n) is 3.53. The first-order valence-electron chi connectivity index (χ1n) is 5.81. The maximum Gasteiger partial charge on any atom is 0.212 e. The number of hydrogen-bond acceptors (Lipinski definition) is 4. The maximum absolute atomic E-state index is 10.3. The van der Waals surface area contributed by atoms with Crippen LogP contribution in [0.1, 0.15) is 37.4 Å². The van der Waals surface area contributed by atoms with Gasteiger partial charge >= 0.3 is 0 Å². The lowest BCUT2D eigenvalue weighted by molar-refractivity contribution is 0.0667. The average molecular weight is 232 g/mol. The third-order valence-corrected chi connectivity index (χ3v) is 3.53. The van der Waals surface area contributed by atoms with Crippen LogP contribution in [0.15, 0.2) is 18.3 Å². The monoisotopic (exact) mass is 232 g/mol. The predicted octanol–water partition coefficient (Wildman–Crippen LogP) is 2.21. The van der Waals surface area contributed by atoms with Gasteiger partial charge in [-0.25, -0.2) is 4.98 Å². The molecule has 1 N–H and O–H groups in total. The highest BCUT2D eigenvalue weighted by Gasteiger charge is 2.41. The van der Waals surface area contributed by atoms with E-state index in [1.54, 1.807) is 25.4 Å². The number of methoxy groups -OCH3 is 1. The van der Waals surface area contributed by atoms with Gasteiger partial charge in [0.05, 0.1) is 24.7 Å². The summed E-state index contributed by atoms with van der Waals surface area (Å²) in [6.45, 7) is 0. The molecular formula is C13H16N2O2. The van der Waals surface area contributed by atoms with Crippen molar-refractivity contribution < 1.29 is 9.84 Å². The van der Waals surface area contributed by atoms with Crippen LogP contribution in [0, 0.1) is 16.7 Å². The van der Waals surface area contributed by atoms with Crippen molar-refractivity contribution in [2.75, 3.05) is 7.11 Å². The molecule has 1 aliphatic carbocycles. The van der Waals surface area contributed by atoms with Crippen LogP contribution in [0.5, 0.6) is 5.88 Å². The molecule has 1 heterocycles. The third kappa shape index (κ3) is 2.11. The lowest BCUT2D eigenvalue weighted by Crippen LogP contribution is -2.24. The van der Waals surface area contributed by atoms with Gasteiger partial charge in [-0.15, -0.1) is 0 Å². The molecule has 1 atom stereocenters. The van der Waals surface area contributed by atoms with Crippen LogP contribution in [-0.4, -0.2) is 17.2 Å². The van der Waals surface area contributed by atoms with E-state index in [4.69, 9.17) is 4.74 Å². The van der Waals surface area contributed by atoms with Crippen LogP contribution < -0.4 is 4.74 Å². The molecule has 1 aliphatic rings. The fourth-order valence-electron chi connectivity index (χ4n) is 2.45. The molecule has 1 fully saturated rings. The summed E-state index contributed by atoms with van der Waals surface area (Å²) >= 11 is 0. The Hall–Kier alpha value is -1.60. The summed E-state index contributed by atoms with van der Waals surface area (Å²) < 4.78 is 4.97. The van der Waals surface area contributed by atoms with Crippen LogP contribution in [0.3, 0.4) is 0 Å². The zero-order valence-electron chi connectivity index (χ0n) is 9.89. The molecular weight excluding hydrogens is 216 g/mol. The van der Waals surface area contributed by atoms with Crippen LogP contribution in [0.2, 0.25) is 0 Å². The molecule has 17 heavy (non-hydrogen) atoms. The van der Waals surface area contributed by atoms with Crippen molar-refractivity contribution in [3.8, 4) is 11.9 Å². The average Bonchev–Trinajstić information content (AvgIpc) is 2.88. The van der Waals surface area contributed by atoms with Gasteiger partial charge in [0.2, 0.25) is 5.88 Å². The van der Waals surface area contributed by atoms with Crippen LogP contribution in [0.4, 0.5) is 0 Å². The van der Waals surface area contributed by atoms with Crippen LogP contribution in [0.25, 0.3) is 0 Å². The van der Waals surface area contributed by atoms with Gasteiger partial charge in [0.25, 0.3) is 0 Å². The van der Waals surface area contributed by atoms with E-state index in [1.807, 2.05) is 0 Å². The smallest absolute Gasteiger partial charge is 0.212 e. The predicted molar refractivity (Wildman–Crippen MR) is 62.3 cm³/mol. The number of aromatic nitrogens is 1. The topological polar surface area (TPSA) is 66.1 Å². The molecule has 0 amide bonds. The van der Waals surface area contributed by atoms with E-state index in [9.17, 15) is 10.4 Å². The van der Waals surface area contributed by atoms with Gasteiger partial charge in [-0.1, -0.05) is 12.8 Å². The zero-order chi connectivity index (χ0) is 12.3. The summed E-state index contributed by atoms with van der Waals surface area (Å²) in [5.74, 6) is 0.512. The van der Waals surface area contributed by atoms with E-state index in [-0.39, 0.29) is 0 Å². The molecule has 1 unspecified atom stereocenters. The molecule has 1 aromatic heterocycles. The second-order valence-electron chi connectivity index (χ2n) is 4.51. The Kier molecular flexibility index (Phi) is 3.30. The Balaban J connectivity index is 2.23. The fraction of sp³-hybridized carbons (Fsp3) is 0.538. The highest BCUT2D eigenvalue weighted by atomic mass is 16.5. The lowest BCUT2D eigenvalue weighted by atomic mass is 9.79. The molecule has 2 rings (SSSR count). The van der Waals surface area contributed by atoms with Gasteiger partial charge in [-0.2, -0.15) is 5.26 Å². The fourth-order valence-corrected chi connectivity index (χ4v) is 2.45. The summed E-state index contributed by atoms with van der Waals surface area (Å²) in [5.41, 5.74) is 0.0604. The maximum atomic E-state index is 10.3. The number of aliphatic hydroxyl groups excluding tert-OH is 1. The SMILES string of the molecule is COc1ccc(C(O)C2(C#N)CCCC2)cn1. The zero-order valence-corrected chi connectivity index (χ0v) is 9.89. The Labute approximate surface area is 101 Å². The molecule has 90 valence electrons. The Morgan fingerprint density at radius 1 is 1.47 bits per heavy atom. The van der Waals surface area contributed by atoms with E-state index in [2.05, 4.69) is 11.1 Å². The lowest BCUT2D eigenvalue weighted by Gasteiger charge is -2.26. The summed E-state index contributed by atoms with van der Waals surface area (Å²) in [7, 11) is 1.55. The number of ether oxygens (including phenoxy) is 1. The minimum atomic E-state index is -0.756. The van der Waals surface area contributed by atoms with Crippen molar-refractivity contribution in [2.45, 2.75) is 31.8 Å². The highest BCUT2D eigenvalue weighted by molar-refractivity contribution is 5.24. The summed E-state index contributed by atoms with van der Waals surface area (Å²) in [4.78, 5) is 4.06. The Morgan fingerprint density at radius 3 is 2.65 bits per heavy atom. The number of nitrogens with zero attached hydrogens (tertiary/aromatic N) is 2. The van der Waals surface area contributed by atoms with E-state index < -0.39 is 11.5 Å². The number of nitriles is 1. The molecule has 4 heteroatoms. The number of hydrogen-bond donors (Lipinski definition) is 1. The van der Waals surface area contributed by atoms with Gasteiger partial charge < -0.3 is 9.84 Å². The highest BCUT2D eigenvalue weighted by Crippen LogP contribution is 2.46. The van der Waals surface area contributed by atoms with Crippen molar-refractivity contribution in [2.24, 2.45) is 5.41 Å². The first kappa shape index (κ1) is 11.9. The Bertz CT molecular complexity index is 416. The molecule has 0 aromatic carbocycles. The van der Waals surface area contributed by atoms with Gasteiger partial charge in [-0.3, -0.25) is 0 Å². The minimum Gasteiger partial charge on any atom is -0.481 e. The number of aliphatic hydroxyl groups is 1. The molecule has 0 aliphatic heterocycles. The standard InChI is InChI=1S/C13H16N2O2/c1-17-11-5-4-10(8-15-11)12(16)13(9-14)6-2-3-7-13/h4-5,8,12,16H,2-3,6-7H2,1H3. The summed E-state index contributed by atoms with van der Waals surface area (Å²) in [5, 5.41) is 19.6. The van der Waals surface area contributed by atoms with E-state index >= 15 is 0 Å². The van der Waals surface area contributed by atoms with E-state index in [1.165, 1.54) is 0 Å². The Morgan fingerprint density at radius 2 is 2.18 bits per heavy atom. The molecule has 1 aromatic rings. The van der Waals surface area contributed by atoms with Crippen molar-refractivity contribution >= 4 is 0 Å². The quantitative estimate of drug-likeness (QED) is 0.867. The molecule has 0 spiro atoms. The van der Waals surface area contributed by atoms with Gasteiger partial charge in [0, 0.05) is 17.8 Å². The first-order chi connectivity index (χ1) is 8.22. The van der Waals surface area contributed by atoms with Gasteiger partial charge in [0.1, 0.15) is 0 Å². The molecule has 4 nitrogen and oxygen atoms in total. The largest absolute Gasteiger partial charge is 0.481 e. The number of pyridine rings is 1. The van der Waals surface area contributed by atoms with Crippen molar-refractivity contribution in [3.05, 3.63) is 23.9 Å². The normalized spacial score (nSPS) is 19.6. The second-order valence-corrected chi connectivity index (χ2v) is 4.51. The summed E-state index contributed by atoms with van der Waals surface area (Å²) in [6.07, 6.45) is 4.37. The van der Waals surface area contributed by atoms with Crippen molar-refractivity contribution in [1.82, 2.24) is 4.98 Å². The summed E-state index contributed by atoms with van der Waals surface area (Å²) in [6, 6.07) is 5.77. The second kappa shape index (κ2) is 4.72.